The number of allylic oxidation sites excluding steroid dienone is 3. The zero-order valence-corrected chi connectivity index (χ0v) is 9.53. The van der Waals surface area contributed by atoms with Gasteiger partial charge in [0.2, 0.25) is 0 Å². The van der Waals surface area contributed by atoms with E-state index >= 15 is 0 Å². The topological polar surface area (TPSA) is 18.5 Å². The molecule has 0 N–H and O–H groups in total. The van der Waals surface area contributed by atoms with E-state index in [1.54, 1.807) is 0 Å². The fraction of sp³-hybridized carbons (Fsp3) is 0.667. The molecular weight excluding hydrogens is 176 g/mol. The van der Waals surface area contributed by atoms with E-state index in [-0.39, 0.29) is 6.29 Å². The second-order valence-corrected chi connectivity index (χ2v) is 2.82. The summed E-state index contributed by atoms with van der Waals surface area (Å²) in [7, 11) is 0. The zero-order chi connectivity index (χ0) is 10.6. The van der Waals surface area contributed by atoms with E-state index in [0.29, 0.717) is 13.2 Å². The fourth-order valence-electron chi connectivity index (χ4n) is 1.02. The summed E-state index contributed by atoms with van der Waals surface area (Å²) in [6.07, 6.45) is 10.2. The van der Waals surface area contributed by atoms with Crippen molar-refractivity contribution in [2.45, 2.75) is 39.9 Å². The number of ether oxygens (including phenoxy) is 2. The van der Waals surface area contributed by atoms with Gasteiger partial charge in [-0.25, -0.2) is 0 Å². The van der Waals surface area contributed by atoms with Gasteiger partial charge in [0.05, 0.1) is 0 Å². The quantitative estimate of drug-likeness (QED) is 0.440. The molecule has 0 saturated carbocycles. The van der Waals surface area contributed by atoms with Crippen molar-refractivity contribution in [1.29, 1.82) is 0 Å². The Morgan fingerprint density at radius 1 is 0.929 bits per heavy atom. The monoisotopic (exact) mass is 198 g/mol. The number of hydrogen-bond acceptors (Lipinski definition) is 2. The maximum atomic E-state index is 5.36. The van der Waals surface area contributed by atoms with Crippen molar-refractivity contribution >= 4 is 0 Å². The molecule has 2 heteroatoms. The summed E-state index contributed by atoms with van der Waals surface area (Å²) in [6.45, 7) is 7.43. The normalized spacial score (nSPS) is 12.3. The number of rotatable bonds is 8. The van der Waals surface area contributed by atoms with Gasteiger partial charge in [-0.3, -0.25) is 0 Å². The highest BCUT2D eigenvalue weighted by atomic mass is 16.7. The predicted molar refractivity (Wildman–Crippen MR) is 60.2 cm³/mol. The van der Waals surface area contributed by atoms with E-state index in [4.69, 9.17) is 9.47 Å². The first-order valence-electron chi connectivity index (χ1n) is 5.39. The molecule has 0 aromatic carbocycles. The summed E-state index contributed by atoms with van der Waals surface area (Å²) in [4.78, 5) is 0. The predicted octanol–water partition coefficient (Wildman–Crippen LogP) is 3.30. The first-order valence-corrected chi connectivity index (χ1v) is 5.39. The van der Waals surface area contributed by atoms with Crippen LogP contribution in [-0.4, -0.2) is 19.5 Å². The molecule has 0 spiro atoms. The highest BCUT2D eigenvalue weighted by Crippen LogP contribution is 1.99. The average Bonchev–Trinajstić information content (AvgIpc) is 2.18. The van der Waals surface area contributed by atoms with E-state index in [1.165, 1.54) is 0 Å². The highest BCUT2D eigenvalue weighted by molar-refractivity contribution is 4.93. The Labute approximate surface area is 87.6 Å². The lowest BCUT2D eigenvalue weighted by atomic mass is 10.3. The average molecular weight is 198 g/mol. The van der Waals surface area contributed by atoms with E-state index in [0.717, 1.165) is 12.8 Å². The van der Waals surface area contributed by atoms with Crippen LogP contribution in [-0.2, 0) is 9.47 Å². The van der Waals surface area contributed by atoms with Gasteiger partial charge < -0.3 is 9.47 Å². The second-order valence-electron chi connectivity index (χ2n) is 2.82. The molecule has 0 aromatic rings. The summed E-state index contributed by atoms with van der Waals surface area (Å²) >= 11 is 0. The zero-order valence-electron chi connectivity index (χ0n) is 9.53. The van der Waals surface area contributed by atoms with Crippen LogP contribution in [0.15, 0.2) is 24.3 Å². The van der Waals surface area contributed by atoms with Gasteiger partial charge in [0.15, 0.2) is 6.29 Å². The molecule has 0 rings (SSSR count). The van der Waals surface area contributed by atoms with Crippen LogP contribution in [0.5, 0.6) is 0 Å². The lowest BCUT2D eigenvalue weighted by Crippen LogP contribution is -2.13. The minimum atomic E-state index is -0.181. The molecule has 0 bridgehead atoms. The summed E-state index contributed by atoms with van der Waals surface area (Å²) in [5, 5.41) is 0. The Hall–Kier alpha value is -0.600. The minimum absolute atomic E-state index is 0.181. The lowest BCUT2D eigenvalue weighted by molar-refractivity contribution is -0.104. The fourth-order valence-corrected chi connectivity index (χ4v) is 1.02. The smallest absolute Gasteiger partial charge is 0.176 e. The third-order valence-corrected chi connectivity index (χ3v) is 1.63. The van der Waals surface area contributed by atoms with E-state index < -0.39 is 0 Å². The molecule has 0 saturated heterocycles. The molecular formula is C12H22O2. The molecule has 0 heterocycles. The molecule has 0 aliphatic heterocycles. The molecule has 0 atom stereocenters. The van der Waals surface area contributed by atoms with E-state index in [9.17, 15) is 0 Å². The third kappa shape index (κ3) is 8.02. The Balaban J connectivity index is 3.70. The van der Waals surface area contributed by atoms with Gasteiger partial charge in [0.25, 0.3) is 0 Å². The Morgan fingerprint density at radius 2 is 1.57 bits per heavy atom. The van der Waals surface area contributed by atoms with Crippen LogP contribution in [0.1, 0.15) is 33.6 Å². The number of hydrogen-bond donors (Lipinski definition) is 0. The molecule has 82 valence electrons. The third-order valence-electron chi connectivity index (χ3n) is 1.63. The van der Waals surface area contributed by atoms with Crippen LogP contribution in [0.4, 0.5) is 0 Å². The Kier molecular flexibility index (Phi) is 10.0. The second kappa shape index (κ2) is 10.5. The van der Waals surface area contributed by atoms with Gasteiger partial charge in [0.1, 0.15) is 0 Å². The van der Waals surface area contributed by atoms with Crippen LogP contribution in [0.3, 0.4) is 0 Å². The Morgan fingerprint density at radius 3 is 2.07 bits per heavy atom. The van der Waals surface area contributed by atoms with Crippen molar-refractivity contribution in [1.82, 2.24) is 0 Å². The van der Waals surface area contributed by atoms with Crippen LogP contribution in [0.25, 0.3) is 0 Å². The molecule has 0 fully saturated rings. The first kappa shape index (κ1) is 13.4. The summed E-state index contributed by atoms with van der Waals surface area (Å²) in [5.41, 5.74) is 0. The van der Waals surface area contributed by atoms with Crippen molar-refractivity contribution < 1.29 is 9.47 Å². The van der Waals surface area contributed by atoms with Gasteiger partial charge in [-0.2, -0.15) is 0 Å². The van der Waals surface area contributed by atoms with Crippen molar-refractivity contribution in [3.05, 3.63) is 24.3 Å². The van der Waals surface area contributed by atoms with Crippen molar-refractivity contribution in [3.8, 4) is 0 Å². The molecule has 0 amide bonds. The van der Waals surface area contributed by atoms with E-state index in [2.05, 4.69) is 25.2 Å². The van der Waals surface area contributed by atoms with Gasteiger partial charge in [-0.05, 0) is 32.8 Å². The van der Waals surface area contributed by atoms with Crippen molar-refractivity contribution in [2.75, 3.05) is 13.2 Å². The molecule has 2 nitrogen and oxygen atoms in total. The van der Waals surface area contributed by atoms with E-state index in [1.807, 2.05) is 19.9 Å². The van der Waals surface area contributed by atoms with Gasteiger partial charge >= 0.3 is 0 Å². The molecule has 0 aliphatic rings. The Bertz CT molecular complexity index is 156. The summed E-state index contributed by atoms with van der Waals surface area (Å²) < 4.78 is 10.7. The maximum absolute atomic E-state index is 5.36. The SMILES string of the molecule is CC/C=C/C/C=C/C(OCC)OCC. The van der Waals surface area contributed by atoms with Crippen LogP contribution in [0, 0.1) is 0 Å². The maximum Gasteiger partial charge on any atom is 0.176 e. The molecule has 0 aliphatic carbocycles. The van der Waals surface area contributed by atoms with Gasteiger partial charge in [-0.1, -0.05) is 25.2 Å². The summed E-state index contributed by atoms with van der Waals surface area (Å²) in [6, 6.07) is 0. The van der Waals surface area contributed by atoms with Gasteiger partial charge in [0, 0.05) is 13.2 Å². The lowest BCUT2D eigenvalue weighted by Gasteiger charge is -2.11. The standard InChI is InChI=1S/C12H22O2/c1-4-7-8-9-10-11-12(13-5-2)14-6-3/h7-8,10-12H,4-6,9H2,1-3H3/b8-7+,11-10+. The molecule has 0 unspecified atom stereocenters. The van der Waals surface area contributed by atoms with Gasteiger partial charge in [-0.15, -0.1) is 0 Å². The van der Waals surface area contributed by atoms with Crippen LogP contribution in [0.2, 0.25) is 0 Å². The summed E-state index contributed by atoms with van der Waals surface area (Å²) in [5.74, 6) is 0. The minimum Gasteiger partial charge on any atom is -0.349 e. The highest BCUT2D eigenvalue weighted by Gasteiger charge is 2.00. The molecule has 0 aromatic heterocycles. The van der Waals surface area contributed by atoms with Crippen molar-refractivity contribution in [3.63, 3.8) is 0 Å². The van der Waals surface area contributed by atoms with Crippen LogP contribution >= 0.6 is 0 Å². The van der Waals surface area contributed by atoms with Crippen molar-refractivity contribution in [2.24, 2.45) is 0 Å². The molecule has 14 heavy (non-hydrogen) atoms. The van der Waals surface area contributed by atoms with Crippen LogP contribution < -0.4 is 0 Å². The molecule has 0 radical (unpaired) electrons. The first-order chi connectivity index (χ1) is 6.85. The largest absolute Gasteiger partial charge is 0.349 e.